The molecule has 2 aromatic heterocycles. The highest BCUT2D eigenvalue weighted by atomic mass is 32.2. The number of ether oxygens (including phenoxy) is 1. The van der Waals surface area contributed by atoms with Gasteiger partial charge < -0.3 is 10.1 Å². The monoisotopic (exact) mass is 409 g/mol. The third-order valence-corrected chi connectivity index (χ3v) is 4.83. The summed E-state index contributed by atoms with van der Waals surface area (Å²) in [5.74, 6) is 1.61. The van der Waals surface area contributed by atoms with Crippen LogP contribution in [0.2, 0.25) is 0 Å². The minimum atomic E-state index is -0.116. The van der Waals surface area contributed by atoms with Crippen LogP contribution in [0.5, 0.6) is 5.75 Å². The second-order valence-corrected chi connectivity index (χ2v) is 7.32. The Balaban J connectivity index is 1.67. The van der Waals surface area contributed by atoms with Crippen molar-refractivity contribution < 1.29 is 9.53 Å². The van der Waals surface area contributed by atoms with E-state index < -0.39 is 0 Å². The van der Waals surface area contributed by atoms with E-state index in [1.54, 1.807) is 12.4 Å². The standard InChI is InChI=1S/C21H23N5O2S/c1-4-28-18-7-5-17(6-8-18)23-19(27)14-29-21-25-24-20(26(21)13-15(2)3)16-9-11-22-12-10-16/h5-12H,2,4,13-14H2,1,3H3,(H,23,27). The van der Waals surface area contributed by atoms with Gasteiger partial charge in [-0.05, 0) is 50.2 Å². The average Bonchev–Trinajstić information content (AvgIpc) is 3.10. The van der Waals surface area contributed by atoms with E-state index in [2.05, 4.69) is 27.1 Å². The molecule has 1 amide bonds. The Hall–Kier alpha value is -3.13. The molecule has 0 saturated carbocycles. The lowest BCUT2D eigenvalue weighted by molar-refractivity contribution is -0.113. The van der Waals surface area contributed by atoms with Gasteiger partial charge in [-0.15, -0.1) is 10.2 Å². The van der Waals surface area contributed by atoms with Gasteiger partial charge in [-0.2, -0.15) is 0 Å². The second kappa shape index (κ2) is 9.88. The fraction of sp³-hybridized carbons (Fsp3) is 0.238. The molecule has 150 valence electrons. The zero-order chi connectivity index (χ0) is 20.6. The van der Waals surface area contributed by atoms with Gasteiger partial charge in [0.2, 0.25) is 5.91 Å². The van der Waals surface area contributed by atoms with E-state index >= 15 is 0 Å². The number of benzene rings is 1. The van der Waals surface area contributed by atoms with Crippen LogP contribution in [0.4, 0.5) is 5.69 Å². The number of thioether (sulfide) groups is 1. The van der Waals surface area contributed by atoms with Crippen LogP contribution in [0.15, 0.2) is 66.1 Å². The molecule has 0 aliphatic rings. The summed E-state index contributed by atoms with van der Waals surface area (Å²) in [5.41, 5.74) is 2.61. The van der Waals surface area contributed by atoms with E-state index in [-0.39, 0.29) is 11.7 Å². The molecule has 3 rings (SSSR count). The smallest absolute Gasteiger partial charge is 0.234 e. The molecule has 0 saturated heterocycles. The van der Waals surface area contributed by atoms with E-state index in [4.69, 9.17) is 4.74 Å². The molecule has 1 N–H and O–H groups in total. The molecule has 0 radical (unpaired) electrons. The Morgan fingerprint density at radius 3 is 2.55 bits per heavy atom. The number of hydrogen-bond donors (Lipinski definition) is 1. The van der Waals surface area contributed by atoms with Crippen LogP contribution in [0.25, 0.3) is 11.4 Å². The fourth-order valence-corrected chi connectivity index (χ4v) is 3.39. The van der Waals surface area contributed by atoms with Crippen molar-refractivity contribution in [2.75, 3.05) is 17.7 Å². The quantitative estimate of drug-likeness (QED) is 0.424. The molecule has 0 unspecified atom stereocenters. The van der Waals surface area contributed by atoms with Crippen molar-refractivity contribution in [2.45, 2.75) is 25.5 Å². The Morgan fingerprint density at radius 2 is 1.90 bits per heavy atom. The predicted octanol–water partition coefficient (Wildman–Crippen LogP) is 4.05. The van der Waals surface area contributed by atoms with Crippen molar-refractivity contribution in [1.29, 1.82) is 0 Å². The molecule has 0 bridgehead atoms. The minimum Gasteiger partial charge on any atom is -0.494 e. The van der Waals surface area contributed by atoms with Gasteiger partial charge in [0.1, 0.15) is 5.75 Å². The highest BCUT2D eigenvalue weighted by Gasteiger charge is 2.16. The van der Waals surface area contributed by atoms with Crippen LogP contribution in [-0.2, 0) is 11.3 Å². The summed E-state index contributed by atoms with van der Waals surface area (Å²) in [6.07, 6.45) is 3.43. The average molecular weight is 410 g/mol. The van der Waals surface area contributed by atoms with Gasteiger partial charge in [0, 0.05) is 30.2 Å². The molecule has 3 aromatic rings. The zero-order valence-electron chi connectivity index (χ0n) is 16.5. The maximum absolute atomic E-state index is 12.4. The maximum Gasteiger partial charge on any atom is 0.234 e. The minimum absolute atomic E-state index is 0.116. The third-order valence-electron chi connectivity index (χ3n) is 3.86. The van der Waals surface area contributed by atoms with Crippen molar-refractivity contribution in [3.8, 4) is 17.1 Å². The maximum atomic E-state index is 12.4. The summed E-state index contributed by atoms with van der Waals surface area (Å²) in [7, 11) is 0. The number of carbonyl (C=O) groups excluding carboxylic acids is 1. The van der Waals surface area contributed by atoms with E-state index in [9.17, 15) is 4.79 Å². The van der Waals surface area contributed by atoms with Gasteiger partial charge in [-0.1, -0.05) is 23.9 Å². The summed E-state index contributed by atoms with van der Waals surface area (Å²) in [6, 6.07) is 11.1. The van der Waals surface area contributed by atoms with Gasteiger partial charge >= 0.3 is 0 Å². The number of anilines is 1. The number of rotatable bonds is 9. The third kappa shape index (κ3) is 5.68. The fourth-order valence-electron chi connectivity index (χ4n) is 2.65. The van der Waals surface area contributed by atoms with E-state index in [1.807, 2.05) is 54.8 Å². The lowest BCUT2D eigenvalue weighted by Crippen LogP contribution is -2.14. The van der Waals surface area contributed by atoms with Crippen LogP contribution >= 0.6 is 11.8 Å². The van der Waals surface area contributed by atoms with Gasteiger partial charge in [-0.3, -0.25) is 14.3 Å². The number of carbonyl (C=O) groups is 1. The zero-order valence-corrected chi connectivity index (χ0v) is 17.3. The van der Waals surface area contributed by atoms with Crippen LogP contribution in [-0.4, -0.2) is 38.0 Å². The molecular formula is C21H23N5O2S. The summed E-state index contributed by atoms with van der Waals surface area (Å²) < 4.78 is 7.37. The number of allylic oxidation sites excluding steroid dienone is 1. The van der Waals surface area contributed by atoms with Crippen molar-refractivity contribution in [3.05, 3.63) is 60.9 Å². The topological polar surface area (TPSA) is 81.9 Å². The molecule has 0 spiro atoms. The number of nitrogens with one attached hydrogen (secondary N) is 1. The van der Waals surface area contributed by atoms with Crippen molar-refractivity contribution in [1.82, 2.24) is 19.7 Å². The number of hydrogen-bond acceptors (Lipinski definition) is 6. The van der Waals surface area contributed by atoms with Crippen molar-refractivity contribution in [2.24, 2.45) is 0 Å². The summed E-state index contributed by atoms with van der Waals surface area (Å²) in [4.78, 5) is 16.4. The van der Waals surface area contributed by atoms with E-state index in [0.717, 1.165) is 28.4 Å². The molecule has 0 atom stereocenters. The number of nitrogens with zero attached hydrogens (tertiary/aromatic N) is 4. The van der Waals surface area contributed by atoms with Crippen LogP contribution < -0.4 is 10.1 Å². The Bertz CT molecular complexity index is 970. The Labute approximate surface area is 174 Å². The Kier molecular flexibility index (Phi) is 7.02. The van der Waals surface area contributed by atoms with Crippen LogP contribution in [0.3, 0.4) is 0 Å². The van der Waals surface area contributed by atoms with Crippen LogP contribution in [0, 0.1) is 0 Å². The SMILES string of the molecule is C=C(C)Cn1c(SCC(=O)Nc2ccc(OCC)cc2)nnc1-c1ccncc1. The molecule has 7 nitrogen and oxygen atoms in total. The second-order valence-electron chi connectivity index (χ2n) is 6.38. The predicted molar refractivity (Wildman–Crippen MR) is 115 cm³/mol. The first kappa shape index (κ1) is 20.6. The molecule has 1 aromatic carbocycles. The summed E-state index contributed by atoms with van der Waals surface area (Å²) in [5, 5.41) is 12.1. The highest BCUT2D eigenvalue weighted by molar-refractivity contribution is 7.99. The number of pyridine rings is 1. The van der Waals surface area contributed by atoms with Crippen molar-refractivity contribution in [3.63, 3.8) is 0 Å². The molecule has 0 aliphatic carbocycles. The first-order valence-electron chi connectivity index (χ1n) is 9.20. The van der Waals surface area contributed by atoms with Crippen LogP contribution in [0.1, 0.15) is 13.8 Å². The number of aromatic nitrogens is 4. The van der Waals surface area contributed by atoms with E-state index in [1.165, 1.54) is 11.8 Å². The first-order chi connectivity index (χ1) is 14.1. The van der Waals surface area contributed by atoms with Gasteiger partial charge in [0.25, 0.3) is 0 Å². The molecule has 8 heteroatoms. The molecule has 2 heterocycles. The summed E-state index contributed by atoms with van der Waals surface area (Å²) >= 11 is 1.34. The normalized spacial score (nSPS) is 10.6. The Morgan fingerprint density at radius 1 is 1.17 bits per heavy atom. The molecular weight excluding hydrogens is 386 g/mol. The van der Waals surface area contributed by atoms with E-state index in [0.29, 0.717) is 18.3 Å². The van der Waals surface area contributed by atoms with Gasteiger partial charge in [0.05, 0.1) is 12.4 Å². The molecule has 29 heavy (non-hydrogen) atoms. The largest absolute Gasteiger partial charge is 0.494 e. The molecule has 0 aliphatic heterocycles. The summed E-state index contributed by atoms with van der Waals surface area (Å²) in [6.45, 7) is 9.05. The molecule has 0 fully saturated rings. The number of amides is 1. The van der Waals surface area contributed by atoms with Crippen molar-refractivity contribution >= 4 is 23.4 Å². The first-order valence-corrected chi connectivity index (χ1v) is 10.2. The lowest BCUT2D eigenvalue weighted by atomic mass is 10.2. The highest BCUT2D eigenvalue weighted by Crippen LogP contribution is 2.25. The van der Waals surface area contributed by atoms with Gasteiger partial charge in [0.15, 0.2) is 11.0 Å². The lowest BCUT2D eigenvalue weighted by Gasteiger charge is -2.10. The van der Waals surface area contributed by atoms with Gasteiger partial charge in [-0.25, -0.2) is 0 Å².